The average Bonchev–Trinajstić information content (AvgIpc) is 2.36. The van der Waals surface area contributed by atoms with Crippen LogP contribution in [0.25, 0.3) is 0 Å². The Balaban J connectivity index is 2.47. The van der Waals surface area contributed by atoms with E-state index in [1.807, 2.05) is 6.07 Å². The Kier molecular flexibility index (Phi) is 7.20. The highest BCUT2D eigenvalue weighted by Gasteiger charge is 2.01. The SMILES string of the molecule is CN(C)CCCN(C)Cc1cccc(C#CCN)c1. The molecule has 0 amide bonds. The zero-order chi connectivity index (χ0) is 14.1. The minimum Gasteiger partial charge on any atom is -0.320 e. The highest BCUT2D eigenvalue weighted by molar-refractivity contribution is 5.37. The highest BCUT2D eigenvalue weighted by atomic mass is 15.1. The number of rotatable bonds is 6. The van der Waals surface area contributed by atoms with Crippen molar-refractivity contribution < 1.29 is 0 Å². The molecule has 0 atom stereocenters. The molecule has 0 saturated carbocycles. The maximum Gasteiger partial charge on any atom is 0.0555 e. The van der Waals surface area contributed by atoms with E-state index in [2.05, 4.69) is 61.0 Å². The standard InChI is InChI=1S/C16H25N3/c1-18(2)11-6-12-19(3)14-16-8-4-7-15(13-16)9-5-10-17/h4,7-8,13H,6,10-12,14,17H2,1-3H3. The van der Waals surface area contributed by atoms with Crippen molar-refractivity contribution in [3.05, 3.63) is 35.4 Å². The van der Waals surface area contributed by atoms with Gasteiger partial charge in [0, 0.05) is 12.1 Å². The van der Waals surface area contributed by atoms with Crippen molar-refractivity contribution in [2.75, 3.05) is 40.8 Å². The molecule has 104 valence electrons. The topological polar surface area (TPSA) is 32.5 Å². The quantitative estimate of drug-likeness (QED) is 0.783. The van der Waals surface area contributed by atoms with Crippen molar-refractivity contribution in [3.8, 4) is 11.8 Å². The van der Waals surface area contributed by atoms with E-state index in [-0.39, 0.29) is 0 Å². The van der Waals surface area contributed by atoms with Gasteiger partial charge in [0.25, 0.3) is 0 Å². The Morgan fingerprint density at radius 3 is 2.63 bits per heavy atom. The zero-order valence-electron chi connectivity index (χ0n) is 12.3. The third-order valence-corrected chi connectivity index (χ3v) is 2.86. The zero-order valence-corrected chi connectivity index (χ0v) is 12.3. The summed E-state index contributed by atoms with van der Waals surface area (Å²) in [4.78, 5) is 4.57. The molecular weight excluding hydrogens is 234 g/mol. The molecule has 3 heteroatoms. The van der Waals surface area contributed by atoms with Crippen LogP contribution in [-0.4, -0.2) is 50.6 Å². The molecule has 0 aliphatic rings. The average molecular weight is 259 g/mol. The van der Waals surface area contributed by atoms with Gasteiger partial charge in [-0.1, -0.05) is 24.0 Å². The van der Waals surface area contributed by atoms with Crippen LogP contribution in [0.4, 0.5) is 0 Å². The van der Waals surface area contributed by atoms with E-state index in [9.17, 15) is 0 Å². The van der Waals surface area contributed by atoms with Gasteiger partial charge < -0.3 is 15.5 Å². The Hall–Kier alpha value is -1.34. The molecule has 0 radical (unpaired) electrons. The summed E-state index contributed by atoms with van der Waals surface area (Å²) in [6, 6.07) is 8.38. The molecule has 0 heterocycles. The third kappa shape index (κ3) is 6.97. The fourth-order valence-electron chi connectivity index (χ4n) is 1.95. The molecule has 0 spiro atoms. The molecule has 0 aliphatic heterocycles. The monoisotopic (exact) mass is 259 g/mol. The summed E-state index contributed by atoms with van der Waals surface area (Å²) >= 11 is 0. The molecule has 0 aromatic heterocycles. The second kappa shape index (κ2) is 8.71. The molecule has 19 heavy (non-hydrogen) atoms. The molecule has 1 rings (SSSR count). The predicted molar refractivity (Wildman–Crippen MR) is 81.9 cm³/mol. The summed E-state index contributed by atoms with van der Waals surface area (Å²) in [5.41, 5.74) is 7.74. The van der Waals surface area contributed by atoms with Crippen molar-refractivity contribution in [1.29, 1.82) is 0 Å². The van der Waals surface area contributed by atoms with E-state index in [0.717, 1.165) is 25.2 Å². The van der Waals surface area contributed by atoms with Gasteiger partial charge in [0.05, 0.1) is 6.54 Å². The number of hydrogen-bond acceptors (Lipinski definition) is 3. The first-order valence-corrected chi connectivity index (χ1v) is 6.73. The lowest BCUT2D eigenvalue weighted by atomic mass is 10.1. The van der Waals surface area contributed by atoms with Crippen molar-refractivity contribution in [1.82, 2.24) is 9.80 Å². The van der Waals surface area contributed by atoms with Crippen LogP contribution in [0.1, 0.15) is 17.5 Å². The molecule has 0 unspecified atom stereocenters. The van der Waals surface area contributed by atoms with Gasteiger partial charge in [-0.25, -0.2) is 0 Å². The summed E-state index contributed by atoms with van der Waals surface area (Å²) in [6.45, 7) is 3.61. The summed E-state index contributed by atoms with van der Waals surface area (Å²) in [7, 11) is 6.38. The first kappa shape index (κ1) is 15.7. The predicted octanol–water partition coefficient (Wildman–Crippen LogP) is 1.38. The van der Waals surface area contributed by atoms with E-state index >= 15 is 0 Å². The molecule has 0 saturated heterocycles. The van der Waals surface area contributed by atoms with Crippen molar-refractivity contribution in [2.24, 2.45) is 5.73 Å². The lowest BCUT2D eigenvalue weighted by Crippen LogP contribution is -2.23. The van der Waals surface area contributed by atoms with E-state index in [4.69, 9.17) is 5.73 Å². The maximum atomic E-state index is 5.39. The molecule has 2 N–H and O–H groups in total. The Bertz CT molecular complexity index is 429. The smallest absolute Gasteiger partial charge is 0.0555 e. The van der Waals surface area contributed by atoms with E-state index in [0.29, 0.717) is 6.54 Å². The largest absolute Gasteiger partial charge is 0.320 e. The van der Waals surface area contributed by atoms with Crippen LogP contribution >= 0.6 is 0 Å². The molecule has 3 nitrogen and oxygen atoms in total. The van der Waals surface area contributed by atoms with Crippen LogP contribution in [0.5, 0.6) is 0 Å². The molecule has 0 aliphatic carbocycles. The van der Waals surface area contributed by atoms with Gasteiger partial charge >= 0.3 is 0 Å². The number of nitrogens with zero attached hydrogens (tertiary/aromatic N) is 2. The lowest BCUT2D eigenvalue weighted by Gasteiger charge is -2.18. The van der Waals surface area contributed by atoms with Crippen LogP contribution < -0.4 is 5.73 Å². The lowest BCUT2D eigenvalue weighted by molar-refractivity contribution is 0.294. The number of benzene rings is 1. The first-order chi connectivity index (χ1) is 9.11. The van der Waals surface area contributed by atoms with E-state index in [1.165, 1.54) is 12.0 Å². The van der Waals surface area contributed by atoms with Crippen molar-refractivity contribution in [2.45, 2.75) is 13.0 Å². The molecule has 0 bridgehead atoms. The second-order valence-electron chi connectivity index (χ2n) is 5.10. The molecule has 0 fully saturated rings. The minimum atomic E-state index is 0.411. The first-order valence-electron chi connectivity index (χ1n) is 6.73. The van der Waals surface area contributed by atoms with Gasteiger partial charge in [-0.3, -0.25) is 0 Å². The van der Waals surface area contributed by atoms with Crippen molar-refractivity contribution >= 4 is 0 Å². The molecule has 1 aromatic rings. The maximum absolute atomic E-state index is 5.39. The van der Waals surface area contributed by atoms with Crippen LogP contribution in [0, 0.1) is 11.8 Å². The van der Waals surface area contributed by atoms with Gasteiger partial charge in [-0.2, -0.15) is 0 Å². The van der Waals surface area contributed by atoms with Gasteiger partial charge in [0.15, 0.2) is 0 Å². The van der Waals surface area contributed by atoms with Gasteiger partial charge in [-0.15, -0.1) is 0 Å². The van der Waals surface area contributed by atoms with Crippen LogP contribution in [0.2, 0.25) is 0 Å². The Morgan fingerprint density at radius 1 is 1.16 bits per heavy atom. The Labute approximate surface area is 117 Å². The molecule has 1 aromatic carbocycles. The highest BCUT2D eigenvalue weighted by Crippen LogP contribution is 2.07. The number of hydrogen-bond donors (Lipinski definition) is 1. The number of nitrogens with two attached hydrogens (primary N) is 1. The second-order valence-corrected chi connectivity index (χ2v) is 5.10. The van der Waals surface area contributed by atoms with Gasteiger partial charge in [0.1, 0.15) is 0 Å². The molecular formula is C16H25N3. The fraction of sp³-hybridized carbons (Fsp3) is 0.500. The van der Waals surface area contributed by atoms with Crippen molar-refractivity contribution in [3.63, 3.8) is 0 Å². The Morgan fingerprint density at radius 2 is 1.95 bits per heavy atom. The van der Waals surface area contributed by atoms with Gasteiger partial charge in [-0.05, 0) is 58.3 Å². The van der Waals surface area contributed by atoms with Gasteiger partial charge in [0.2, 0.25) is 0 Å². The van der Waals surface area contributed by atoms with Crippen LogP contribution in [-0.2, 0) is 6.54 Å². The summed E-state index contributed by atoms with van der Waals surface area (Å²) in [5.74, 6) is 5.97. The summed E-state index contributed by atoms with van der Waals surface area (Å²) in [5, 5.41) is 0. The summed E-state index contributed by atoms with van der Waals surface area (Å²) in [6.07, 6.45) is 1.19. The summed E-state index contributed by atoms with van der Waals surface area (Å²) < 4.78 is 0. The third-order valence-electron chi connectivity index (χ3n) is 2.86. The van der Waals surface area contributed by atoms with Crippen LogP contribution in [0.3, 0.4) is 0 Å². The van der Waals surface area contributed by atoms with E-state index < -0.39 is 0 Å². The van der Waals surface area contributed by atoms with Crippen LogP contribution in [0.15, 0.2) is 24.3 Å². The minimum absolute atomic E-state index is 0.411. The van der Waals surface area contributed by atoms with E-state index in [1.54, 1.807) is 0 Å². The fourth-order valence-corrected chi connectivity index (χ4v) is 1.95. The normalized spacial score (nSPS) is 10.6.